The summed E-state index contributed by atoms with van der Waals surface area (Å²) in [4.78, 5) is 20.0. The molecule has 0 aliphatic heterocycles. The van der Waals surface area contributed by atoms with Crippen LogP contribution < -0.4 is 4.74 Å². The summed E-state index contributed by atoms with van der Waals surface area (Å²) in [5.74, 6) is 0.726. The number of carbonyl (C=O) groups excluding carboxylic acids is 1. The van der Waals surface area contributed by atoms with Crippen molar-refractivity contribution in [3.05, 3.63) is 18.1 Å². The first-order valence-electron chi connectivity index (χ1n) is 5.32. The normalized spacial score (nSPS) is 11.2. The first-order valence-corrected chi connectivity index (χ1v) is 5.32. The average molecular weight is 222 g/mol. The predicted molar refractivity (Wildman–Crippen MR) is 61.4 cm³/mol. The fourth-order valence-electron chi connectivity index (χ4n) is 1.30. The molecule has 0 fully saturated rings. The van der Waals surface area contributed by atoms with E-state index in [2.05, 4.69) is 9.97 Å². The summed E-state index contributed by atoms with van der Waals surface area (Å²) in [7, 11) is 1.55. The predicted octanol–water partition coefficient (Wildman–Crippen LogP) is 2.03. The van der Waals surface area contributed by atoms with Crippen LogP contribution in [0, 0.1) is 5.41 Å². The lowest BCUT2D eigenvalue weighted by Crippen LogP contribution is -2.20. The van der Waals surface area contributed by atoms with E-state index in [1.807, 2.05) is 20.8 Å². The van der Waals surface area contributed by atoms with Crippen molar-refractivity contribution in [2.75, 3.05) is 7.11 Å². The van der Waals surface area contributed by atoms with Crippen LogP contribution in [0.4, 0.5) is 0 Å². The van der Waals surface area contributed by atoms with Crippen LogP contribution >= 0.6 is 0 Å². The van der Waals surface area contributed by atoms with Crippen LogP contribution in [0.2, 0.25) is 0 Å². The molecule has 0 unspecified atom stereocenters. The molecule has 1 rings (SSSR count). The highest BCUT2D eigenvalue weighted by Crippen LogP contribution is 2.19. The quantitative estimate of drug-likeness (QED) is 0.782. The largest absolute Gasteiger partial charge is 0.480 e. The van der Waals surface area contributed by atoms with Crippen molar-refractivity contribution in [2.45, 2.75) is 33.6 Å². The van der Waals surface area contributed by atoms with Gasteiger partial charge in [-0.2, -0.15) is 0 Å². The Morgan fingerprint density at radius 1 is 1.31 bits per heavy atom. The number of rotatable bonds is 4. The summed E-state index contributed by atoms with van der Waals surface area (Å²) in [6.45, 7) is 5.76. The van der Waals surface area contributed by atoms with E-state index >= 15 is 0 Å². The molecule has 0 spiro atoms. The number of nitrogens with zero attached hydrogens (tertiary/aromatic N) is 2. The Morgan fingerprint density at radius 2 is 1.94 bits per heavy atom. The van der Waals surface area contributed by atoms with Crippen LogP contribution in [0.3, 0.4) is 0 Å². The molecule has 0 aliphatic carbocycles. The monoisotopic (exact) mass is 222 g/mol. The summed E-state index contributed by atoms with van der Waals surface area (Å²) in [6.07, 6.45) is 4.24. The number of aryl methyl sites for hydroxylation is 1. The summed E-state index contributed by atoms with van der Waals surface area (Å²) >= 11 is 0. The molecule has 0 radical (unpaired) electrons. The Labute approximate surface area is 96.1 Å². The van der Waals surface area contributed by atoms with E-state index in [0.717, 1.165) is 5.69 Å². The fourth-order valence-corrected chi connectivity index (χ4v) is 1.30. The number of ether oxygens (including phenoxy) is 1. The summed E-state index contributed by atoms with van der Waals surface area (Å²) in [5, 5.41) is 0. The molecule has 4 heteroatoms. The fraction of sp³-hybridized carbons (Fsp3) is 0.583. The molecule has 88 valence electrons. The average Bonchev–Trinajstić information content (AvgIpc) is 2.24. The Bertz CT molecular complexity index is 370. The highest BCUT2D eigenvalue weighted by molar-refractivity contribution is 5.83. The third-order valence-corrected chi connectivity index (χ3v) is 2.35. The van der Waals surface area contributed by atoms with E-state index in [1.54, 1.807) is 19.5 Å². The van der Waals surface area contributed by atoms with E-state index in [0.29, 0.717) is 18.7 Å². The van der Waals surface area contributed by atoms with E-state index in [4.69, 9.17) is 4.74 Å². The van der Waals surface area contributed by atoms with Gasteiger partial charge in [0.25, 0.3) is 0 Å². The van der Waals surface area contributed by atoms with Crippen LogP contribution in [0.5, 0.6) is 5.88 Å². The molecule has 0 bridgehead atoms. The van der Waals surface area contributed by atoms with E-state index < -0.39 is 0 Å². The molecule has 4 nitrogen and oxygen atoms in total. The first-order chi connectivity index (χ1) is 7.45. The topological polar surface area (TPSA) is 52.1 Å². The molecule has 0 aromatic carbocycles. The molecule has 0 N–H and O–H groups in total. The lowest BCUT2D eigenvalue weighted by atomic mass is 9.88. The molecule has 1 heterocycles. The SMILES string of the molecule is COc1nccnc1CCC(=O)C(C)(C)C. The third kappa shape index (κ3) is 3.29. The Kier molecular flexibility index (Phi) is 3.99. The van der Waals surface area contributed by atoms with Gasteiger partial charge in [0.1, 0.15) is 11.5 Å². The lowest BCUT2D eigenvalue weighted by Gasteiger charge is -2.16. The van der Waals surface area contributed by atoms with Crippen LogP contribution in [0.25, 0.3) is 0 Å². The lowest BCUT2D eigenvalue weighted by molar-refractivity contribution is -0.126. The van der Waals surface area contributed by atoms with Crippen LogP contribution in [-0.2, 0) is 11.2 Å². The molecule has 1 aromatic rings. The van der Waals surface area contributed by atoms with Gasteiger partial charge in [-0.3, -0.25) is 9.78 Å². The highest BCUT2D eigenvalue weighted by Gasteiger charge is 2.21. The number of hydrogen-bond acceptors (Lipinski definition) is 4. The minimum Gasteiger partial charge on any atom is -0.480 e. The van der Waals surface area contributed by atoms with Gasteiger partial charge in [-0.1, -0.05) is 20.8 Å². The Morgan fingerprint density at radius 3 is 2.50 bits per heavy atom. The number of ketones is 1. The van der Waals surface area contributed by atoms with E-state index in [-0.39, 0.29) is 11.2 Å². The molecule has 16 heavy (non-hydrogen) atoms. The second kappa shape index (κ2) is 5.05. The van der Waals surface area contributed by atoms with Gasteiger partial charge in [0.15, 0.2) is 0 Å². The summed E-state index contributed by atoms with van der Waals surface area (Å²) in [5.41, 5.74) is 0.442. The smallest absolute Gasteiger partial charge is 0.235 e. The number of hydrogen-bond donors (Lipinski definition) is 0. The number of carbonyl (C=O) groups is 1. The van der Waals surface area contributed by atoms with Gasteiger partial charge in [0.2, 0.25) is 5.88 Å². The van der Waals surface area contributed by atoms with Crippen molar-refractivity contribution < 1.29 is 9.53 Å². The molecule has 0 saturated heterocycles. The van der Waals surface area contributed by atoms with Crippen molar-refractivity contribution in [2.24, 2.45) is 5.41 Å². The highest BCUT2D eigenvalue weighted by atomic mass is 16.5. The summed E-state index contributed by atoms with van der Waals surface area (Å²) in [6, 6.07) is 0. The van der Waals surface area contributed by atoms with Gasteiger partial charge >= 0.3 is 0 Å². The van der Waals surface area contributed by atoms with Gasteiger partial charge in [-0.25, -0.2) is 4.98 Å². The Hall–Kier alpha value is -1.45. The van der Waals surface area contributed by atoms with Crippen molar-refractivity contribution in [1.29, 1.82) is 0 Å². The van der Waals surface area contributed by atoms with Crippen molar-refractivity contribution in [3.8, 4) is 5.88 Å². The molecule has 0 amide bonds. The van der Waals surface area contributed by atoms with E-state index in [1.165, 1.54) is 0 Å². The first kappa shape index (κ1) is 12.6. The second-order valence-corrected chi connectivity index (χ2v) is 4.69. The maximum Gasteiger partial charge on any atom is 0.235 e. The molecular formula is C12H18N2O2. The molecule has 0 saturated carbocycles. The zero-order chi connectivity index (χ0) is 12.2. The maximum absolute atomic E-state index is 11.7. The van der Waals surface area contributed by atoms with Gasteiger partial charge in [-0.15, -0.1) is 0 Å². The van der Waals surface area contributed by atoms with Crippen molar-refractivity contribution in [3.63, 3.8) is 0 Å². The minimum atomic E-state index is -0.296. The maximum atomic E-state index is 11.7. The van der Waals surface area contributed by atoms with Gasteiger partial charge in [-0.05, 0) is 0 Å². The molecule has 1 aromatic heterocycles. The van der Waals surface area contributed by atoms with Crippen molar-refractivity contribution in [1.82, 2.24) is 9.97 Å². The van der Waals surface area contributed by atoms with Gasteiger partial charge in [0, 0.05) is 30.7 Å². The van der Waals surface area contributed by atoms with Gasteiger partial charge in [0.05, 0.1) is 7.11 Å². The molecule has 0 atom stereocenters. The minimum absolute atomic E-state index is 0.222. The zero-order valence-corrected chi connectivity index (χ0v) is 10.3. The van der Waals surface area contributed by atoms with Crippen molar-refractivity contribution >= 4 is 5.78 Å². The molecule has 0 aliphatic rings. The number of Topliss-reactive ketones (excluding diaryl/α,β-unsaturated/α-hetero) is 1. The second-order valence-electron chi connectivity index (χ2n) is 4.69. The van der Waals surface area contributed by atoms with Crippen LogP contribution in [0.15, 0.2) is 12.4 Å². The van der Waals surface area contributed by atoms with Crippen LogP contribution in [0.1, 0.15) is 32.9 Å². The zero-order valence-electron chi connectivity index (χ0n) is 10.3. The Balaban J connectivity index is 2.65. The van der Waals surface area contributed by atoms with Crippen LogP contribution in [-0.4, -0.2) is 22.9 Å². The molecular weight excluding hydrogens is 204 g/mol. The third-order valence-electron chi connectivity index (χ3n) is 2.35. The van der Waals surface area contributed by atoms with E-state index in [9.17, 15) is 4.79 Å². The summed E-state index contributed by atoms with van der Waals surface area (Å²) < 4.78 is 5.08. The number of aromatic nitrogens is 2. The number of methoxy groups -OCH3 is 1. The van der Waals surface area contributed by atoms with Gasteiger partial charge < -0.3 is 4.74 Å². The standard InChI is InChI=1S/C12H18N2O2/c1-12(2,3)10(15)6-5-9-11(16-4)14-8-7-13-9/h7-8H,5-6H2,1-4H3.